The summed E-state index contributed by atoms with van der Waals surface area (Å²) >= 11 is 0. The minimum Gasteiger partial charge on any atom is -0.497 e. The van der Waals surface area contributed by atoms with Gasteiger partial charge in [-0.15, -0.1) is 0 Å². The minimum absolute atomic E-state index is 0.0565. The number of fused-ring (bicyclic) bond motifs is 4. The molecule has 0 bridgehead atoms. The van der Waals surface area contributed by atoms with Crippen LogP contribution in [-0.2, 0) is 33.0 Å². The van der Waals surface area contributed by atoms with Gasteiger partial charge in [0.2, 0.25) is 5.91 Å². The number of amides is 3. The van der Waals surface area contributed by atoms with E-state index >= 15 is 4.79 Å². The van der Waals surface area contributed by atoms with Crippen molar-refractivity contribution in [3.8, 4) is 17.2 Å². The van der Waals surface area contributed by atoms with Crippen LogP contribution >= 0.6 is 0 Å². The first-order chi connectivity index (χ1) is 30.5. The summed E-state index contributed by atoms with van der Waals surface area (Å²) in [4.78, 5) is 49.2. The van der Waals surface area contributed by atoms with Gasteiger partial charge < -0.3 is 29.1 Å². The van der Waals surface area contributed by atoms with E-state index in [2.05, 4.69) is 32.2 Å². The summed E-state index contributed by atoms with van der Waals surface area (Å²) in [5, 5.41) is 11.3. The lowest BCUT2D eigenvalue weighted by molar-refractivity contribution is -0.150. The Morgan fingerprint density at radius 1 is 0.778 bits per heavy atom. The first kappa shape index (κ1) is 41.8. The molecule has 6 aromatic carbocycles. The average molecular weight is 858 g/mol. The molecule has 1 saturated heterocycles. The lowest BCUT2D eigenvalue weighted by Gasteiger charge is -2.37. The number of aliphatic hydroxyl groups is 1. The Hall–Kier alpha value is -6.53. The predicted molar refractivity (Wildman–Crippen MR) is 247 cm³/mol. The normalized spacial score (nSPS) is 20.2. The number of anilines is 3. The molecule has 0 radical (unpaired) electrons. The monoisotopic (exact) mass is 857 g/mol. The first-order valence-electron chi connectivity index (χ1n) is 21.5. The van der Waals surface area contributed by atoms with E-state index in [-0.39, 0.29) is 55.3 Å². The standard InChI is InChI=1S/C52H51N3O7Si/c1-35-49(63(3,4)40-28-26-39(60-2)27-29-40)47(32-48(57)53(30-31-56)33-36-14-6-5-7-15-36)62-52(35)42-17-9-10-18-43(42)54(51(52)59)34-37-22-24-38(25-23-37)55-44-19-11-13-21-46(44)61-45-20-12-8-16-41(45)50(55)58/h5-29,35,47,49,56H,30-34H2,1-4H3/t35-,47+,49-,52+/m1/s1. The maximum atomic E-state index is 15.5. The number of hydrogen-bond donors (Lipinski definition) is 1. The molecule has 0 aliphatic carbocycles. The lowest BCUT2D eigenvalue weighted by atomic mass is 9.82. The van der Waals surface area contributed by atoms with Gasteiger partial charge >= 0.3 is 0 Å². The van der Waals surface area contributed by atoms with Gasteiger partial charge in [-0.1, -0.05) is 122 Å². The molecule has 3 aliphatic heterocycles. The molecule has 1 N–H and O–H groups in total. The van der Waals surface area contributed by atoms with Crippen LogP contribution in [0.2, 0.25) is 18.6 Å². The van der Waals surface area contributed by atoms with Crippen LogP contribution in [0.1, 0.15) is 40.4 Å². The van der Waals surface area contributed by atoms with E-state index in [1.165, 1.54) is 5.19 Å². The van der Waals surface area contributed by atoms with Crippen molar-refractivity contribution < 1.29 is 33.7 Å². The van der Waals surface area contributed by atoms with Crippen molar-refractivity contribution in [1.29, 1.82) is 0 Å². The third-order valence-electron chi connectivity index (χ3n) is 13.2. The van der Waals surface area contributed by atoms with Crippen molar-refractivity contribution in [2.24, 2.45) is 5.92 Å². The Bertz CT molecular complexity index is 2660. The predicted octanol–water partition coefficient (Wildman–Crippen LogP) is 8.95. The van der Waals surface area contributed by atoms with E-state index in [0.29, 0.717) is 35.0 Å². The van der Waals surface area contributed by atoms with E-state index < -0.39 is 19.8 Å². The molecule has 1 fully saturated rings. The smallest absolute Gasteiger partial charge is 0.266 e. The summed E-state index contributed by atoms with van der Waals surface area (Å²) in [6.07, 6.45) is -0.534. The third kappa shape index (κ3) is 7.39. The number of carbonyl (C=O) groups is 3. The van der Waals surface area contributed by atoms with Crippen molar-refractivity contribution in [1.82, 2.24) is 4.90 Å². The zero-order chi connectivity index (χ0) is 43.9. The molecule has 0 saturated carbocycles. The zero-order valence-electron chi connectivity index (χ0n) is 35.9. The number of benzene rings is 6. The van der Waals surface area contributed by atoms with Crippen molar-refractivity contribution >= 4 is 48.0 Å². The molecule has 10 nitrogen and oxygen atoms in total. The van der Waals surface area contributed by atoms with E-state index in [9.17, 15) is 14.7 Å². The van der Waals surface area contributed by atoms with Crippen molar-refractivity contribution in [3.63, 3.8) is 0 Å². The van der Waals surface area contributed by atoms with Gasteiger partial charge in [-0.3, -0.25) is 19.3 Å². The second-order valence-corrected chi connectivity index (χ2v) is 21.9. The summed E-state index contributed by atoms with van der Waals surface area (Å²) in [6, 6.07) is 48.2. The van der Waals surface area contributed by atoms with Crippen LogP contribution in [0.4, 0.5) is 17.1 Å². The van der Waals surface area contributed by atoms with Crippen molar-refractivity contribution in [2.45, 2.75) is 56.8 Å². The summed E-state index contributed by atoms with van der Waals surface area (Å²) in [6.45, 7) is 7.34. The molecule has 3 aliphatic rings. The van der Waals surface area contributed by atoms with Crippen LogP contribution in [0.3, 0.4) is 0 Å². The summed E-state index contributed by atoms with van der Waals surface area (Å²) < 4.78 is 19.0. The Labute approximate surface area is 369 Å². The highest BCUT2D eigenvalue weighted by Crippen LogP contribution is 2.60. The fourth-order valence-corrected chi connectivity index (χ4v) is 14.2. The minimum atomic E-state index is -2.53. The molecule has 3 heterocycles. The average Bonchev–Trinajstić information content (AvgIpc) is 3.68. The second-order valence-electron chi connectivity index (χ2n) is 17.2. The fourth-order valence-electron chi connectivity index (χ4n) is 10.1. The van der Waals surface area contributed by atoms with Crippen molar-refractivity contribution in [2.75, 3.05) is 30.1 Å². The first-order valence-corrected chi connectivity index (χ1v) is 24.6. The highest BCUT2D eigenvalue weighted by molar-refractivity contribution is 6.91. The largest absolute Gasteiger partial charge is 0.497 e. The van der Waals surface area contributed by atoms with Gasteiger partial charge in [0.25, 0.3) is 11.8 Å². The highest BCUT2D eigenvalue weighted by atomic mass is 28.3. The fraction of sp³-hybridized carbons (Fsp3) is 0.250. The number of ether oxygens (including phenoxy) is 3. The molecule has 6 aromatic rings. The number of aliphatic hydroxyl groups excluding tert-OH is 1. The number of hydrogen-bond acceptors (Lipinski definition) is 7. The number of para-hydroxylation sites is 4. The number of nitrogens with zero attached hydrogens (tertiary/aromatic N) is 3. The Kier molecular flexibility index (Phi) is 11.3. The Morgan fingerprint density at radius 3 is 2.14 bits per heavy atom. The van der Waals surface area contributed by atoms with E-state index in [1.807, 2.05) is 132 Å². The maximum Gasteiger partial charge on any atom is 0.266 e. The third-order valence-corrected chi connectivity index (χ3v) is 17.6. The van der Waals surface area contributed by atoms with Crippen LogP contribution < -0.4 is 24.5 Å². The highest BCUT2D eigenvalue weighted by Gasteiger charge is 2.66. The molecule has 63 heavy (non-hydrogen) atoms. The second kappa shape index (κ2) is 17.0. The molecule has 0 aromatic heterocycles. The van der Waals surface area contributed by atoms with E-state index in [0.717, 1.165) is 28.1 Å². The molecule has 9 rings (SSSR count). The molecule has 0 unspecified atom stereocenters. The number of rotatable bonds is 12. The maximum absolute atomic E-state index is 15.5. The van der Waals surface area contributed by atoms with Gasteiger partial charge in [0.1, 0.15) is 11.5 Å². The van der Waals surface area contributed by atoms with Gasteiger partial charge in [-0.2, -0.15) is 0 Å². The summed E-state index contributed by atoms with van der Waals surface area (Å²) in [5.41, 5.74) is 3.65. The van der Waals surface area contributed by atoms with E-state index in [1.54, 1.807) is 29.0 Å². The van der Waals surface area contributed by atoms with E-state index in [4.69, 9.17) is 14.2 Å². The van der Waals surface area contributed by atoms with Gasteiger partial charge in [0.15, 0.2) is 11.4 Å². The molecule has 11 heteroatoms. The van der Waals surface area contributed by atoms with Gasteiger partial charge in [-0.25, -0.2) is 0 Å². The summed E-state index contributed by atoms with van der Waals surface area (Å²) in [5.74, 6) is 1.02. The molecular formula is C52H51N3O7Si. The Morgan fingerprint density at radius 2 is 1.43 bits per heavy atom. The van der Waals surface area contributed by atoms with Crippen LogP contribution in [0, 0.1) is 5.92 Å². The number of carbonyl (C=O) groups excluding carboxylic acids is 3. The van der Waals surface area contributed by atoms with Crippen molar-refractivity contribution in [3.05, 3.63) is 174 Å². The molecule has 3 amide bonds. The van der Waals surface area contributed by atoms with Gasteiger partial charge in [-0.05, 0) is 71.3 Å². The topological polar surface area (TPSA) is 109 Å². The molecule has 4 atom stereocenters. The van der Waals surface area contributed by atoms with Gasteiger partial charge in [0, 0.05) is 30.3 Å². The van der Waals surface area contributed by atoms with Crippen LogP contribution in [-0.4, -0.2) is 62.2 Å². The zero-order valence-corrected chi connectivity index (χ0v) is 36.9. The van der Waals surface area contributed by atoms with Crippen LogP contribution in [0.5, 0.6) is 17.2 Å². The Balaban J connectivity index is 1.05. The molecule has 1 spiro atoms. The quantitative estimate of drug-likeness (QED) is 0.123. The molecule has 320 valence electrons. The van der Waals surface area contributed by atoms with Crippen LogP contribution in [0.25, 0.3) is 0 Å². The van der Waals surface area contributed by atoms with Crippen LogP contribution in [0.15, 0.2) is 152 Å². The number of methoxy groups -OCH3 is 1. The van der Waals surface area contributed by atoms with Gasteiger partial charge in [0.05, 0.1) is 57.8 Å². The lowest BCUT2D eigenvalue weighted by Crippen LogP contribution is -2.52. The molecular weight excluding hydrogens is 807 g/mol. The summed E-state index contributed by atoms with van der Waals surface area (Å²) in [7, 11) is -0.885. The SMILES string of the molecule is COc1ccc([Si](C)(C)[C@H]2[C@H](CC(=O)N(CCO)Cc3ccccc3)O[C@@]3(C(=O)N(Cc4ccc(N5C(=O)c6ccccc6Oc6ccccc65)cc4)c4ccccc43)[C@@H]2C)cc1.